The molecule has 2 N–H and O–H groups in total. The topological polar surface area (TPSA) is 88.5 Å². The first-order valence-corrected chi connectivity index (χ1v) is 13.6. The summed E-state index contributed by atoms with van der Waals surface area (Å²) in [4.78, 5) is 12.6. The number of esters is 1. The van der Waals surface area contributed by atoms with Gasteiger partial charge in [-0.05, 0) is 63.2 Å². The minimum Gasteiger partial charge on any atom is -0.456 e. The molecule has 1 fully saturated rings. The Kier molecular flexibility index (Phi) is 9.77. The van der Waals surface area contributed by atoms with Crippen LogP contribution in [-0.2, 0) is 19.0 Å². The third-order valence-electron chi connectivity index (χ3n) is 7.54. The largest absolute Gasteiger partial charge is 0.456 e. The van der Waals surface area contributed by atoms with Crippen molar-refractivity contribution in [2.24, 2.45) is 11.8 Å². The highest BCUT2D eigenvalue weighted by atomic mass is 16.6. The van der Waals surface area contributed by atoms with Crippen molar-refractivity contribution in [3.05, 3.63) is 60.8 Å². The highest BCUT2D eigenvalue weighted by molar-refractivity contribution is 5.82. The van der Waals surface area contributed by atoms with Crippen LogP contribution in [0, 0.1) is 11.8 Å². The van der Waals surface area contributed by atoms with E-state index in [0.717, 1.165) is 44.1 Å². The van der Waals surface area contributed by atoms with Crippen molar-refractivity contribution in [3.8, 4) is 0 Å². The van der Waals surface area contributed by atoms with Crippen LogP contribution >= 0.6 is 0 Å². The van der Waals surface area contributed by atoms with Gasteiger partial charge < -0.3 is 24.4 Å². The SMILES string of the molecule is C=C1CC(C)C[C@@H]2CC=CC(C/C=C\C(=O)OC(C(O)/C=C/C3CC=CCC3)C[C@@H]3OC3[C@@H](O)C1)O2. The highest BCUT2D eigenvalue weighted by Gasteiger charge is 2.46. The maximum absolute atomic E-state index is 12.6. The van der Waals surface area contributed by atoms with Crippen LogP contribution in [0.25, 0.3) is 0 Å². The molecule has 0 radical (unpaired) electrons. The van der Waals surface area contributed by atoms with Gasteiger partial charge in [0.05, 0.1) is 24.4 Å². The number of rotatable bonds is 3. The fraction of sp³-hybridized carbons (Fsp3) is 0.633. The second-order valence-electron chi connectivity index (χ2n) is 10.9. The number of carbonyl (C=O) groups is 1. The predicted molar refractivity (Wildman–Crippen MR) is 139 cm³/mol. The lowest BCUT2D eigenvalue weighted by Gasteiger charge is -2.28. The van der Waals surface area contributed by atoms with Gasteiger partial charge in [0.2, 0.25) is 0 Å². The van der Waals surface area contributed by atoms with E-state index in [9.17, 15) is 15.0 Å². The quantitative estimate of drug-likeness (QED) is 0.332. The molecule has 0 saturated carbocycles. The molecule has 0 amide bonds. The number of aliphatic hydroxyl groups excluding tert-OH is 2. The lowest BCUT2D eigenvalue weighted by Crippen LogP contribution is -2.32. The average Bonchev–Trinajstić information content (AvgIpc) is 3.62. The van der Waals surface area contributed by atoms with Gasteiger partial charge in [0.1, 0.15) is 18.3 Å². The van der Waals surface area contributed by atoms with Crippen LogP contribution in [0.3, 0.4) is 0 Å². The van der Waals surface area contributed by atoms with Gasteiger partial charge in [0.25, 0.3) is 0 Å². The Labute approximate surface area is 215 Å². The van der Waals surface area contributed by atoms with E-state index in [2.05, 4.69) is 31.7 Å². The molecule has 6 nitrogen and oxygen atoms in total. The Morgan fingerprint density at radius 1 is 1.08 bits per heavy atom. The van der Waals surface area contributed by atoms with Gasteiger partial charge in [-0.2, -0.15) is 0 Å². The van der Waals surface area contributed by atoms with Crippen LogP contribution in [0.2, 0.25) is 0 Å². The number of carbonyl (C=O) groups excluding carboxylic acids is 1. The number of fused-ring (bicyclic) bond motifs is 3. The smallest absolute Gasteiger partial charge is 0.330 e. The van der Waals surface area contributed by atoms with E-state index in [4.69, 9.17) is 14.2 Å². The molecule has 3 heterocycles. The van der Waals surface area contributed by atoms with Gasteiger partial charge in [-0.3, -0.25) is 0 Å². The minimum absolute atomic E-state index is 0.0709. The van der Waals surface area contributed by atoms with Crippen LogP contribution < -0.4 is 0 Å². The van der Waals surface area contributed by atoms with Crippen LogP contribution in [0.15, 0.2) is 60.8 Å². The van der Waals surface area contributed by atoms with Crippen molar-refractivity contribution in [1.29, 1.82) is 0 Å². The molecule has 6 unspecified atom stereocenters. The molecule has 1 saturated heterocycles. The fourth-order valence-corrected chi connectivity index (χ4v) is 5.58. The number of cyclic esters (lactones) is 1. The summed E-state index contributed by atoms with van der Waals surface area (Å²) in [6.07, 6.45) is 19.7. The van der Waals surface area contributed by atoms with Crippen molar-refractivity contribution < 1.29 is 29.2 Å². The van der Waals surface area contributed by atoms with Gasteiger partial charge in [-0.15, -0.1) is 0 Å². The van der Waals surface area contributed by atoms with E-state index in [0.29, 0.717) is 31.1 Å². The molecule has 9 atom stereocenters. The Hall–Kier alpha value is -1.99. The molecule has 0 aromatic heterocycles. The number of hydrogen-bond acceptors (Lipinski definition) is 6. The first-order valence-electron chi connectivity index (χ1n) is 13.6. The Balaban J connectivity index is 1.44. The van der Waals surface area contributed by atoms with E-state index in [1.165, 1.54) is 6.08 Å². The number of epoxide rings is 1. The van der Waals surface area contributed by atoms with Gasteiger partial charge in [0, 0.05) is 12.5 Å². The van der Waals surface area contributed by atoms with E-state index in [-0.39, 0.29) is 24.4 Å². The van der Waals surface area contributed by atoms with Gasteiger partial charge >= 0.3 is 5.97 Å². The Morgan fingerprint density at radius 2 is 1.94 bits per heavy atom. The number of allylic oxidation sites excluding steroid dienone is 3. The average molecular weight is 499 g/mol. The molecule has 1 aliphatic carbocycles. The molecule has 198 valence electrons. The monoisotopic (exact) mass is 498 g/mol. The summed E-state index contributed by atoms with van der Waals surface area (Å²) in [7, 11) is 0. The molecule has 0 spiro atoms. The summed E-state index contributed by atoms with van der Waals surface area (Å²) in [5.74, 6) is 0.283. The zero-order valence-electron chi connectivity index (χ0n) is 21.4. The van der Waals surface area contributed by atoms with Crippen molar-refractivity contribution in [2.75, 3.05) is 0 Å². The third-order valence-corrected chi connectivity index (χ3v) is 7.54. The van der Waals surface area contributed by atoms with Crippen molar-refractivity contribution in [1.82, 2.24) is 0 Å². The third kappa shape index (κ3) is 8.27. The number of ether oxygens (including phenoxy) is 3. The van der Waals surface area contributed by atoms with Crippen LogP contribution in [-0.4, -0.2) is 58.9 Å². The molecule has 4 rings (SSSR count). The molecule has 4 aliphatic rings. The van der Waals surface area contributed by atoms with Gasteiger partial charge in [0.15, 0.2) is 0 Å². The summed E-state index contributed by atoms with van der Waals surface area (Å²) in [6, 6.07) is 0. The molecular formula is C30H42O6. The first-order chi connectivity index (χ1) is 17.4. The van der Waals surface area contributed by atoms with Crippen LogP contribution in [0.4, 0.5) is 0 Å². The second-order valence-corrected chi connectivity index (χ2v) is 10.9. The van der Waals surface area contributed by atoms with E-state index in [1.54, 1.807) is 12.2 Å². The summed E-state index contributed by atoms with van der Waals surface area (Å²) >= 11 is 0. The maximum atomic E-state index is 12.6. The summed E-state index contributed by atoms with van der Waals surface area (Å²) in [6.45, 7) is 6.39. The second kappa shape index (κ2) is 13.0. The number of hydrogen-bond donors (Lipinski definition) is 2. The van der Waals surface area contributed by atoms with Gasteiger partial charge in [-0.25, -0.2) is 4.79 Å². The fourth-order valence-electron chi connectivity index (χ4n) is 5.58. The van der Waals surface area contributed by atoms with Gasteiger partial charge in [-0.1, -0.05) is 61.6 Å². The lowest BCUT2D eigenvalue weighted by molar-refractivity contribution is -0.148. The predicted octanol–water partition coefficient (Wildman–Crippen LogP) is 4.73. The van der Waals surface area contributed by atoms with E-state index >= 15 is 0 Å². The molecule has 6 heteroatoms. The molecule has 0 aromatic carbocycles. The summed E-state index contributed by atoms with van der Waals surface area (Å²) in [5, 5.41) is 21.6. The van der Waals surface area contributed by atoms with Crippen molar-refractivity contribution >= 4 is 5.97 Å². The molecule has 36 heavy (non-hydrogen) atoms. The standard InChI is InChI=1S/C30H42O6/c1-20-16-21(2)18-26(32)30-28(36-30)19-27(25(31)15-14-22-8-4-3-5-9-22)35-29(33)13-7-11-23-10-6-12-24(17-20)34-23/h3-4,6-7,10,13-15,20,22-28,30-32H,2,5,8-9,11-12,16-19H2,1H3/b13-7-,15-14+/t20?,22?,23?,24-,25?,26-,27?,28-,30?/m0/s1. The number of aliphatic hydroxyl groups is 2. The minimum atomic E-state index is -0.943. The summed E-state index contributed by atoms with van der Waals surface area (Å²) < 4.78 is 17.7. The van der Waals surface area contributed by atoms with Crippen LogP contribution in [0.5, 0.6) is 0 Å². The Bertz CT molecular complexity index is 873. The zero-order valence-corrected chi connectivity index (χ0v) is 21.4. The molecule has 2 bridgehead atoms. The van der Waals surface area contributed by atoms with Crippen molar-refractivity contribution in [2.45, 2.75) is 107 Å². The van der Waals surface area contributed by atoms with E-state index in [1.807, 2.05) is 12.2 Å². The molecule has 3 aliphatic heterocycles. The Morgan fingerprint density at radius 3 is 2.75 bits per heavy atom. The zero-order chi connectivity index (χ0) is 25.5. The van der Waals surface area contributed by atoms with Crippen molar-refractivity contribution in [3.63, 3.8) is 0 Å². The van der Waals surface area contributed by atoms with E-state index < -0.39 is 24.3 Å². The highest BCUT2D eigenvalue weighted by Crippen LogP contribution is 2.35. The normalized spacial score (nSPS) is 40.1. The first kappa shape index (κ1) is 27.1. The summed E-state index contributed by atoms with van der Waals surface area (Å²) in [5.41, 5.74) is 1.00. The maximum Gasteiger partial charge on any atom is 0.330 e. The molecule has 0 aromatic rings. The lowest BCUT2D eigenvalue weighted by atomic mass is 9.90. The molecular weight excluding hydrogens is 456 g/mol. The van der Waals surface area contributed by atoms with Crippen LogP contribution in [0.1, 0.15) is 64.7 Å².